The van der Waals surface area contributed by atoms with Crippen LogP contribution in [0.25, 0.3) is 0 Å². The Kier molecular flexibility index (Phi) is 8.09. The Bertz CT molecular complexity index is 1120. The van der Waals surface area contributed by atoms with Gasteiger partial charge in [0.25, 0.3) is 5.91 Å². The molecule has 0 bridgehead atoms. The van der Waals surface area contributed by atoms with Gasteiger partial charge < -0.3 is 21.3 Å². The van der Waals surface area contributed by atoms with Crippen molar-refractivity contribution in [3.05, 3.63) is 89.5 Å². The van der Waals surface area contributed by atoms with Gasteiger partial charge in [0.2, 0.25) is 5.91 Å². The van der Waals surface area contributed by atoms with Crippen molar-refractivity contribution in [2.45, 2.75) is 32.4 Å². The van der Waals surface area contributed by atoms with Crippen molar-refractivity contribution in [3.63, 3.8) is 0 Å². The summed E-state index contributed by atoms with van der Waals surface area (Å²) in [5.74, 6) is -0.0170. The highest BCUT2D eigenvalue weighted by Gasteiger charge is 2.24. The van der Waals surface area contributed by atoms with Crippen molar-refractivity contribution in [2.75, 3.05) is 22.1 Å². The van der Waals surface area contributed by atoms with Gasteiger partial charge in [-0.3, -0.25) is 9.59 Å². The van der Waals surface area contributed by atoms with Crippen molar-refractivity contribution < 1.29 is 9.59 Å². The fourth-order valence-corrected chi connectivity index (χ4v) is 4.05. The van der Waals surface area contributed by atoms with Crippen LogP contribution >= 0.6 is 12.4 Å². The van der Waals surface area contributed by atoms with Gasteiger partial charge >= 0.3 is 0 Å². The number of nitrogens with two attached hydrogens (primary N) is 1. The van der Waals surface area contributed by atoms with E-state index < -0.39 is 6.04 Å². The van der Waals surface area contributed by atoms with Gasteiger partial charge in [-0.05, 0) is 60.4 Å². The van der Waals surface area contributed by atoms with Gasteiger partial charge in [-0.25, -0.2) is 0 Å². The molecule has 0 saturated carbocycles. The second-order valence-electron chi connectivity index (χ2n) is 8.03. The van der Waals surface area contributed by atoms with Gasteiger partial charge in [0.05, 0.1) is 0 Å². The first kappa shape index (κ1) is 24.3. The van der Waals surface area contributed by atoms with E-state index in [2.05, 4.69) is 10.6 Å². The smallest absolute Gasteiger partial charge is 0.251 e. The van der Waals surface area contributed by atoms with Crippen LogP contribution in [0.4, 0.5) is 17.1 Å². The van der Waals surface area contributed by atoms with Crippen molar-refractivity contribution in [1.29, 1.82) is 0 Å². The average Bonchev–Trinajstić information content (AvgIpc) is 3.23. The summed E-state index contributed by atoms with van der Waals surface area (Å²) in [7, 11) is 0. The molecule has 0 spiro atoms. The van der Waals surface area contributed by atoms with Gasteiger partial charge in [-0.2, -0.15) is 0 Å². The highest BCUT2D eigenvalue weighted by atomic mass is 35.5. The lowest BCUT2D eigenvalue weighted by molar-refractivity contribution is -0.117. The van der Waals surface area contributed by atoms with E-state index >= 15 is 0 Å². The Morgan fingerprint density at radius 3 is 2.48 bits per heavy atom. The van der Waals surface area contributed by atoms with Crippen LogP contribution in [0.3, 0.4) is 0 Å². The zero-order valence-electron chi connectivity index (χ0n) is 18.6. The van der Waals surface area contributed by atoms with Crippen LogP contribution in [0.15, 0.2) is 72.8 Å². The molecule has 3 aromatic carbocycles. The van der Waals surface area contributed by atoms with E-state index in [-0.39, 0.29) is 24.2 Å². The van der Waals surface area contributed by atoms with E-state index in [1.165, 1.54) is 0 Å². The van der Waals surface area contributed by atoms with E-state index in [4.69, 9.17) is 5.73 Å². The first-order chi connectivity index (χ1) is 15.5. The first-order valence-corrected chi connectivity index (χ1v) is 10.9. The molecule has 1 fully saturated rings. The quantitative estimate of drug-likeness (QED) is 0.469. The summed E-state index contributed by atoms with van der Waals surface area (Å²) in [6.45, 7) is 3.14. The summed E-state index contributed by atoms with van der Waals surface area (Å²) in [4.78, 5) is 27.2. The highest BCUT2D eigenvalue weighted by Crippen LogP contribution is 2.28. The Morgan fingerprint density at radius 1 is 1.03 bits per heavy atom. The fourth-order valence-electron chi connectivity index (χ4n) is 4.05. The number of carbonyl (C=O) groups excluding carboxylic acids is 2. The number of hydrogen-bond acceptors (Lipinski definition) is 4. The van der Waals surface area contributed by atoms with Crippen molar-refractivity contribution in [2.24, 2.45) is 5.73 Å². The molecule has 1 aliphatic rings. The molecular weight excluding hydrogens is 436 g/mol. The van der Waals surface area contributed by atoms with Crippen LogP contribution in [-0.2, 0) is 16.1 Å². The first-order valence-electron chi connectivity index (χ1n) is 10.9. The van der Waals surface area contributed by atoms with Gasteiger partial charge in [0.1, 0.15) is 6.04 Å². The van der Waals surface area contributed by atoms with E-state index in [9.17, 15) is 9.59 Å². The van der Waals surface area contributed by atoms with Crippen molar-refractivity contribution >= 4 is 41.3 Å². The molecule has 1 atom stereocenters. The number of hydrogen-bond donors (Lipinski definition) is 3. The third-order valence-electron chi connectivity index (χ3n) is 5.70. The topological polar surface area (TPSA) is 87.5 Å². The Labute approximate surface area is 200 Å². The van der Waals surface area contributed by atoms with E-state index in [1.54, 1.807) is 0 Å². The molecule has 172 valence electrons. The van der Waals surface area contributed by atoms with E-state index in [1.807, 2.05) is 84.6 Å². The van der Waals surface area contributed by atoms with Crippen LogP contribution < -0.4 is 21.3 Å². The average molecular weight is 465 g/mol. The van der Waals surface area contributed by atoms with Crippen LogP contribution in [0.5, 0.6) is 0 Å². The van der Waals surface area contributed by atoms with Crippen LogP contribution in [0.2, 0.25) is 0 Å². The zero-order valence-corrected chi connectivity index (χ0v) is 19.4. The third kappa shape index (κ3) is 5.72. The maximum Gasteiger partial charge on any atom is 0.251 e. The predicted molar refractivity (Wildman–Crippen MR) is 136 cm³/mol. The fraction of sp³-hybridized carbons (Fsp3) is 0.231. The molecule has 4 rings (SSSR count). The number of halogens is 1. The molecule has 0 aromatic heterocycles. The molecule has 4 N–H and O–H groups in total. The molecule has 0 radical (unpaired) electrons. The van der Waals surface area contributed by atoms with Crippen LogP contribution in [0.1, 0.15) is 35.6 Å². The predicted octanol–water partition coefficient (Wildman–Crippen LogP) is 4.79. The summed E-state index contributed by atoms with van der Waals surface area (Å²) in [5, 5.41) is 6.38. The second-order valence-corrected chi connectivity index (χ2v) is 8.03. The third-order valence-corrected chi connectivity index (χ3v) is 5.70. The summed E-state index contributed by atoms with van der Waals surface area (Å²) >= 11 is 0. The summed E-state index contributed by atoms with van der Waals surface area (Å²) in [6, 6.07) is 22.5. The summed E-state index contributed by atoms with van der Waals surface area (Å²) < 4.78 is 0. The maximum absolute atomic E-state index is 13.3. The number of benzene rings is 3. The lowest BCUT2D eigenvalue weighted by Crippen LogP contribution is -2.27. The van der Waals surface area contributed by atoms with E-state index in [0.717, 1.165) is 41.0 Å². The molecule has 2 amide bonds. The number of nitrogens with one attached hydrogen (secondary N) is 2. The van der Waals surface area contributed by atoms with Crippen molar-refractivity contribution in [1.82, 2.24) is 0 Å². The molecule has 1 saturated heterocycles. The molecule has 6 nitrogen and oxygen atoms in total. The monoisotopic (exact) mass is 464 g/mol. The lowest BCUT2D eigenvalue weighted by atomic mass is 10.0. The molecule has 1 aliphatic heterocycles. The van der Waals surface area contributed by atoms with Crippen molar-refractivity contribution in [3.8, 4) is 0 Å². The van der Waals surface area contributed by atoms with Gasteiger partial charge in [-0.1, -0.05) is 42.5 Å². The summed E-state index contributed by atoms with van der Waals surface area (Å²) in [6.07, 6.45) is 1.47. The molecular formula is C26H29ClN4O2. The SMILES string of the molecule is Cc1cc(NC(=O)[C@@H](Nc2cccc(CN)c2)c2ccccc2)ccc1N1CCCC1=O.Cl. The van der Waals surface area contributed by atoms with E-state index in [0.29, 0.717) is 18.7 Å². The molecule has 0 unspecified atom stereocenters. The summed E-state index contributed by atoms with van der Waals surface area (Å²) in [5.41, 5.74) is 11.0. The Balaban J connectivity index is 0.00000306. The second kappa shape index (κ2) is 11.0. The number of anilines is 3. The zero-order chi connectivity index (χ0) is 22.5. The molecule has 0 aliphatic carbocycles. The number of nitrogens with zero attached hydrogens (tertiary/aromatic N) is 1. The minimum absolute atomic E-state index is 0. The normalized spacial score (nSPS) is 13.9. The van der Waals surface area contributed by atoms with Gasteiger partial charge in [0, 0.05) is 36.6 Å². The highest BCUT2D eigenvalue weighted by molar-refractivity contribution is 5.99. The van der Waals surface area contributed by atoms with Crippen LogP contribution in [0, 0.1) is 6.92 Å². The molecule has 1 heterocycles. The number of rotatable bonds is 7. The maximum atomic E-state index is 13.3. The van der Waals surface area contributed by atoms with Gasteiger partial charge in [0.15, 0.2) is 0 Å². The minimum atomic E-state index is -0.579. The van der Waals surface area contributed by atoms with Crippen LogP contribution in [-0.4, -0.2) is 18.4 Å². The lowest BCUT2D eigenvalue weighted by Gasteiger charge is -2.22. The van der Waals surface area contributed by atoms with Gasteiger partial charge in [-0.15, -0.1) is 12.4 Å². The molecule has 7 heteroatoms. The molecule has 3 aromatic rings. The Hall–Kier alpha value is -3.35. The minimum Gasteiger partial charge on any atom is -0.370 e. The Morgan fingerprint density at radius 2 is 1.82 bits per heavy atom. The number of carbonyl (C=O) groups is 2. The standard InChI is InChI=1S/C26H28N4O2.ClH/c1-18-15-22(12-13-23(18)30-14-6-11-24(30)31)29-26(32)25(20-8-3-2-4-9-20)28-21-10-5-7-19(16-21)17-27;/h2-5,7-10,12-13,15-16,25,28H,6,11,14,17,27H2,1H3,(H,29,32);1H/t25-;/m0./s1. The molecule has 33 heavy (non-hydrogen) atoms. The number of amides is 2. The number of aryl methyl sites for hydroxylation is 1. The largest absolute Gasteiger partial charge is 0.370 e.